The Bertz CT molecular complexity index is 888. The van der Waals surface area contributed by atoms with Gasteiger partial charge in [0.1, 0.15) is 36.1 Å². The zero-order valence-corrected chi connectivity index (χ0v) is 21.9. The fraction of sp³-hybridized carbons (Fsp3) is 0.773. The predicted molar refractivity (Wildman–Crippen MR) is 126 cm³/mol. The number of aliphatic imine (C=N–C) groups is 1. The second kappa shape index (κ2) is 9.10. The van der Waals surface area contributed by atoms with Crippen molar-refractivity contribution >= 4 is 26.6 Å². The van der Waals surface area contributed by atoms with Crippen molar-refractivity contribution in [2.24, 2.45) is 4.99 Å². The molecule has 11 heteroatoms. The average molecular weight is 483 g/mol. The molecule has 3 rings (SSSR count). The lowest BCUT2D eigenvalue weighted by Crippen LogP contribution is -2.45. The van der Waals surface area contributed by atoms with Gasteiger partial charge in [-0.15, -0.1) is 0 Å². The zero-order chi connectivity index (χ0) is 24.8. The molecule has 1 aromatic heterocycles. The number of aromatic nitrogens is 2. The van der Waals surface area contributed by atoms with Crippen molar-refractivity contribution in [1.29, 1.82) is 0 Å². The number of aliphatic hydroxyl groups is 2. The lowest BCUT2D eigenvalue weighted by Gasteiger charge is -2.39. The highest BCUT2D eigenvalue weighted by molar-refractivity contribution is 6.74. The molecule has 4 atom stereocenters. The quantitative estimate of drug-likeness (QED) is 0.631. The molecule has 0 spiro atoms. The number of hydrogen-bond donors (Lipinski definition) is 2. The number of rotatable bonds is 4. The van der Waals surface area contributed by atoms with Gasteiger partial charge in [-0.2, -0.15) is 0 Å². The minimum Gasteiger partial charge on any atom is -0.443 e. The standard InChI is InChI=1S/C22H38N4O6Si/c1-21(2,3)31-20(29)25-10-15(32-33(7,8)22(4,5)6)18-19(24-12-25)26(13-23-18)17-9-14(28)16(11-27)30-17/h12-17,27-28H,9-11H2,1-8H3/t14-,15+,16+,17+/m0/s1. The summed E-state index contributed by atoms with van der Waals surface area (Å²) < 4.78 is 19.8. The Morgan fingerprint density at radius 1 is 1.27 bits per heavy atom. The Balaban J connectivity index is 1.98. The molecule has 1 aromatic rings. The van der Waals surface area contributed by atoms with Gasteiger partial charge >= 0.3 is 6.09 Å². The van der Waals surface area contributed by atoms with E-state index in [2.05, 4.69) is 43.8 Å². The van der Waals surface area contributed by atoms with Gasteiger partial charge in [0.2, 0.25) is 0 Å². The molecule has 10 nitrogen and oxygen atoms in total. The third-order valence-corrected chi connectivity index (χ3v) is 10.8. The highest BCUT2D eigenvalue weighted by Gasteiger charge is 2.43. The highest BCUT2D eigenvalue weighted by Crippen LogP contribution is 2.43. The number of carbonyl (C=O) groups excluding carboxylic acids is 1. The van der Waals surface area contributed by atoms with Crippen LogP contribution in [0.3, 0.4) is 0 Å². The Labute approximate surface area is 196 Å². The molecule has 2 aliphatic rings. The van der Waals surface area contributed by atoms with Crippen LogP contribution in [0.1, 0.15) is 66.0 Å². The van der Waals surface area contributed by atoms with Gasteiger partial charge in [0.05, 0.1) is 25.6 Å². The highest BCUT2D eigenvalue weighted by atomic mass is 28.4. The predicted octanol–water partition coefficient (Wildman–Crippen LogP) is 3.50. The van der Waals surface area contributed by atoms with E-state index >= 15 is 0 Å². The molecular formula is C22H38N4O6Si. The fourth-order valence-electron chi connectivity index (χ4n) is 3.49. The molecule has 0 saturated carbocycles. The second-order valence-corrected chi connectivity index (χ2v) is 16.0. The molecule has 1 amide bonds. The van der Waals surface area contributed by atoms with E-state index in [9.17, 15) is 15.0 Å². The SMILES string of the molecule is CC(C)(C)OC(=O)N1C=Nc2c(ncn2[C@H]2C[C@H](O)[C@@H](CO)O2)[C@H](O[Si](C)(C)C(C)(C)C)C1. The van der Waals surface area contributed by atoms with Crippen LogP contribution in [0.15, 0.2) is 11.3 Å². The average Bonchev–Trinajstić information content (AvgIpc) is 3.19. The first-order valence-corrected chi connectivity index (χ1v) is 14.3. The zero-order valence-electron chi connectivity index (χ0n) is 20.9. The van der Waals surface area contributed by atoms with E-state index in [0.717, 1.165) is 0 Å². The van der Waals surface area contributed by atoms with Crippen molar-refractivity contribution in [2.75, 3.05) is 13.2 Å². The topological polar surface area (TPSA) is 119 Å². The van der Waals surface area contributed by atoms with E-state index in [0.29, 0.717) is 17.9 Å². The van der Waals surface area contributed by atoms with Crippen molar-refractivity contribution in [3.63, 3.8) is 0 Å². The van der Waals surface area contributed by atoms with Crippen LogP contribution in [0.25, 0.3) is 0 Å². The summed E-state index contributed by atoms with van der Waals surface area (Å²) in [6.07, 6.45) is 0.335. The molecule has 186 valence electrons. The lowest BCUT2D eigenvalue weighted by atomic mass is 10.2. The summed E-state index contributed by atoms with van der Waals surface area (Å²) in [7, 11) is -2.23. The Morgan fingerprint density at radius 2 is 1.94 bits per heavy atom. The van der Waals surface area contributed by atoms with Gasteiger partial charge in [0.15, 0.2) is 14.1 Å². The van der Waals surface area contributed by atoms with E-state index < -0.39 is 44.6 Å². The van der Waals surface area contributed by atoms with Crippen LogP contribution < -0.4 is 0 Å². The Kier molecular flexibility index (Phi) is 7.12. The molecule has 0 aliphatic carbocycles. The summed E-state index contributed by atoms with van der Waals surface area (Å²) in [5.74, 6) is 0.501. The minimum atomic E-state index is -2.23. The number of nitrogens with zero attached hydrogens (tertiary/aromatic N) is 4. The maximum Gasteiger partial charge on any atom is 0.415 e. The molecule has 0 unspecified atom stereocenters. The van der Waals surface area contributed by atoms with Crippen molar-refractivity contribution in [3.05, 3.63) is 12.0 Å². The first-order chi connectivity index (χ1) is 15.1. The van der Waals surface area contributed by atoms with Crippen LogP contribution in [-0.4, -0.2) is 76.4 Å². The van der Waals surface area contributed by atoms with Crippen LogP contribution in [0, 0.1) is 0 Å². The summed E-state index contributed by atoms with van der Waals surface area (Å²) >= 11 is 0. The van der Waals surface area contributed by atoms with Crippen LogP contribution in [0.2, 0.25) is 18.1 Å². The van der Waals surface area contributed by atoms with Crippen molar-refractivity contribution < 1.29 is 28.9 Å². The number of imidazole rings is 1. The first kappa shape index (κ1) is 25.8. The summed E-state index contributed by atoms with van der Waals surface area (Å²) in [6, 6.07) is 0. The number of hydrogen-bond acceptors (Lipinski definition) is 8. The van der Waals surface area contributed by atoms with Crippen LogP contribution >= 0.6 is 0 Å². The summed E-state index contributed by atoms with van der Waals surface area (Å²) in [6.45, 7) is 16.1. The molecule has 1 fully saturated rings. The Morgan fingerprint density at radius 3 is 2.48 bits per heavy atom. The third-order valence-electron chi connectivity index (χ3n) is 6.35. The molecule has 1 saturated heterocycles. The van der Waals surface area contributed by atoms with Gasteiger partial charge in [0, 0.05) is 6.42 Å². The molecule has 2 N–H and O–H groups in total. The normalized spacial score (nSPS) is 26.3. The molecule has 0 bridgehead atoms. The third kappa shape index (κ3) is 5.65. The van der Waals surface area contributed by atoms with Crippen molar-refractivity contribution in [3.8, 4) is 0 Å². The first-order valence-electron chi connectivity index (χ1n) is 11.4. The van der Waals surface area contributed by atoms with Gasteiger partial charge in [-0.25, -0.2) is 14.8 Å². The largest absolute Gasteiger partial charge is 0.443 e. The van der Waals surface area contributed by atoms with Gasteiger partial charge < -0.3 is 24.1 Å². The molecule has 2 aliphatic heterocycles. The van der Waals surface area contributed by atoms with E-state index in [1.165, 1.54) is 11.2 Å². The monoisotopic (exact) mass is 482 g/mol. The van der Waals surface area contributed by atoms with E-state index in [-0.39, 0.29) is 18.2 Å². The molecule has 0 radical (unpaired) electrons. The summed E-state index contributed by atoms with van der Waals surface area (Å²) in [5, 5.41) is 19.6. The smallest absolute Gasteiger partial charge is 0.415 e. The van der Waals surface area contributed by atoms with Crippen LogP contribution in [0.4, 0.5) is 10.6 Å². The minimum absolute atomic E-state index is 0.0489. The molecule has 3 heterocycles. The van der Waals surface area contributed by atoms with Gasteiger partial charge in [-0.3, -0.25) is 9.47 Å². The number of carbonyl (C=O) groups is 1. The fourth-order valence-corrected chi connectivity index (χ4v) is 4.75. The number of aliphatic hydroxyl groups excluding tert-OH is 2. The van der Waals surface area contributed by atoms with Crippen molar-refractivity contribution in [2.45, 2.75) is 96.2 Å². The van der Waals surface area contributed by atoms with E-state index in [1.54, 1.807) is 10.9 Å². The molecule has 0 aromatic carbocycles. The summed E-state index contributed by atoms with van der Waals surface area (Å²) in [5.41, 5.74) is -0.0480. The van der Waals surface area contributed by atoms with E-state index in [1.807, 2.05) is 20.8 Å². The van der Waals surface area contributed by atoms with Crippen LogP contribution in [-0.2, 0) is 13.9 Å². The van der Waals surface area contributed by atoms with Gasteiger partial charge in [-0.1, -0.05) is 20.8 Å². The number of fused-ring (bicyclic) bond motifs is 1. The lowest BCUT2D eigenvalue weighted by molar-refractivity contribution is -0.0438. The summed E-state index contributed by atoms with van der Waals surface area (Å²) in [4.78, 5) is 23.4. The molecule has 33 heavy (non-hydrogen) atoms. The molecular weight excluding hydrogens is 444 g/mol. The number of ether oxygens (including phenoxy) is 2. The Hall–Kier alpha value is -1.79. The maximum absolute atomic E-state index is 12.9. The van der Waals surface area contributed by atoms with Gasteiger partial charge in [0.25, 0.3) is 0 Å². The van der Waals surface area contributed by atoms with E-state index in [4.69, 9.17) is 13.9 Å². The second-order valence-electron chi connectivity index (χ2n) is 11.2. The van der Waals surface area contributed by atoms with Gasteiger partial charge in [-0.05, 0) is 38.9 Å². The van der Waals surface area contributed by atoms with Crippen LogP contribution in [0.5, 0.6) is 0 Å². The maximum atomic E-state index is 12.9. The number of amides is 1. The van der Waals surface area contributed by atoms with Crippen molar-refractivity contribution in [1.82, 2.24) is 14.5 Å².